The van der Waals surface area contributed by atoms with Crippen LogP contribution in [0.15, 0.2) is 29.2 Å². The Kier molecular flexibility index (Phi) is 4.73. The Hall–Kier alpha value is -1.46. The lowest BCUT2D eigenvalue weighted by atomic mass is 10.2. The number of aryl methyl sites for hydroxylation is 2. The number of thioether (sulfide) groups is 1. The Labute approximate surface area is 126 Å². The molecule has 0 saturated carbocycles. The third-order valence-electron chi connectivity index (χ3n) is 2.93. The maximum absolute atomic E-state index is 10.8. The highest BCUT2D eigenvalue weighted by molar-refractivity contribution is 7.98. The molecule has 0 fully saturated rings. The molecule has 0 amide bonds. The zero-order chi connectivity index (χ0) is 14.7. The van der Waals surface area contributed by atoms with Crippen molar-refractivity contribution in [2.24, 2.45) is 0 Å². The van der Waals surface area contributed by atoms with Crippen LogP contribution in [-0.2, 0) is 12.3 Å². The van der Waals surface area contributed by atoms with E-state index in [4.69, 9.17) is 16.7 Å². The van der Waals surface area contributed by atoms with Gasteiger partial charge in [0.15, 0.2) is 0 Å². The second-order valence-corrected chi connectivity index (χ2v) is 5.71. The molecule has 0 aliphatic rings. The minimum absolute atomic E-state index is 0.293. The molecule has 0 unspecified atom stereocenters. The van der Waals surface area contributed by atoms with Crippen LogP contribution in [-0.4, -0.2) is 20.9 Å². The lowest BCUT2D eigenvalue weighted by Crippen LogP contribution is -2.01. The molecule has 4 nitrogen and oxygen atoms in total. The minimum Gasteiger partial charge on any atom is -0.478 e. The van der Waals surface area contributed by atoms with Gasteiger partial charge in [-0.2, -0.15) is 5.10 Å². The normalized spacial score (nSPS) is 10.8. The van der Waals surface area contributed by atoms with Gasteiger partial charge in [-0.15, -0.1) is 11.8 Å². The van der Waals surface area contributed by atoms with Crippen molar-refractivity contribution in [2.45, 2.75) is 31.0 Å². The zero-order valence-electron chi connectivity index (χ0n) is 11.3. The van der Waals surface area contributed by atoms with E-state index < -0.39 is 5.97 Å². The molecule has 0 aliphatic heterocycles. The molecule has 0 saturated heterocycles. The summed E-state index contributed by atoms with van der Waals surface area (Å²) in [5.74, 6) is -0.204. The Balaban J connectivity index is 2.10. The van der Waals surface area contributed by atoms with Gasteiger partial charge >= 0.3 is 5.97 Å². The number of nitrogens with zero attached hydrogens (tertiary/aromatic N) is 2. The lowest BCUT2D eigenvalue weighted by molar-refractivity contribution is 0.0697. The molecular formula is C14H15ClN2O2S. The molecule has 2 rings (SSSR count). The molecule has 1 heterocycles. The highest BCUT2D eigenvalue weighted by Crippen LogP contribution is 2.28. The minimum atomic E-state index is -0.913. The molecule has 0 atom stereocenters. The Morgan fingerprint density at radius 1 is 1.40 bits per heavy atom. The van der Waals surface area contributed by atoms with Crippen LogP contribution < -0.4 is 0 Å². The Morgan fingerprint density at radius 2 is 2.05 bits per heavy atom. The van der Waals surface area contributed by atoms with Gasteiger partial charge in [-0.05, 0) is 38.1 Å². The highest BCUT2D eigenvalue weighted by atomic mass is 35.5. The largest absolute Gasteiger partial charge is 0.478 e. The van der Waals surface area contributed by atoms with Gasteiger partial charge in [0, 0.05) is 17.2 Å². The standard InChI is InChI=1S/C14H15ClN2O2S/c1-3-17-12(13(15)9(2)16-17)8-20-11-6-4-10(5-7-11)14(18)19/h4-7H,3,8H2,1-2H3,(H,18,19). The van der Waals surface area contributed by atoms with E-state index in [-0.39, 0.29) is 0 Å². The summed E-state index contributed by atoms with van der Waals surface area (Å²) in [6.07, 6.45) is 0. The van der Waals surface area contributed by atoms with Gasteiger partial charge in [0.2, 0.25) is 0 Å². The van der Waals surface area contributed by atoms with Crippen LogP contribution in [0, 0.1) is 6.92 Å². The van der Waals surface area contributed by atoms with E-state index >= 15 is 0 Å². The van der Waals surface area contributed by atoms with Gasteiger partial charge < -0.3 is 5.11 Å². The average molecular weight is 311 g/mol. The molecule has 1 N–H and O–H groups in total. The zero-order valence-corrected chi connectivity index (χ0v) is 12.8. The second-order valence-electron chi connectivity index (χ2n) is 4.28. The van der Waals surface area contributed by atoms with E-state index in [0.29, 0.717) is 16.3 Å². The van der Waals surface area contributed by atoms with Gasteiger partial charge in [-0.25, -0.2) is 4.79 Å². The van der Waals surface area contributed by atoms with Crippen molar-refractivity contribution in [1.82, 2.24) is 9.78 Å². The number of carboxylic acid groups (broad SMARTS) is 1. The third-order valence-corrected chi connectivity index (χ3v) is 4.44. The van der Waals surface area contributed by atoms with E-state index in [1.54, 1.807) is 23.9 Å². The van der Waals surface area contributed by atoms with Gasteiger partial charge in [0.1, 0.15) is 0 Å². The van der Waals surface area contributed by atoms with E-state index in [1.165, 1.54) is 0 Å². The number of hydrogen-bond acceptors (Lipinski definition) is 3. The Bertz CT molecular complexity index is 623. The number of aromatic carboxylic acids is 1. The SMILES string of the molecule is CCn1nc(C)c(Cl)c1CSc1ccc(C(=O)O)cc1. The predicted octanol–water partition coefficient (Wildman–Crippen LogP) is 3.86. The summed E-state index contributed by atoms with van der Waals surface area (Å²) < 4.78 is 1.90. The first-order chi connectivity index (χ1) is 9.52. The number of benzene rings is 1. The molecule has 0 spiro atoms. The molecular weight excluding hydrogens is 296 g/mol. The van der Waals surface area contributed by atoms with Gasteiger partial charge in [-0.1, -0.05) is 11.6 Å². The summed E-state index contributed by atoms with van der Waals surface area (Å²) in [5.41, 5.74) is 2.13. The van der Waals surface area contributed by atoms with Crippen molar-refractivity contribution in [3.05, 3.63) is 46.2 Å². The molecule has 2 aromatic rings. The molecule has 0 radical (unpaired) electrons. The fraction of sp³-hybridized carbons (Fsp3) is 0.286. The third kappa shape index (κ3) is 3.16. The first kappa shape index (κ1) is 14.9. The van der Waals surface area contributed by atoms with Crippen molar-refractivity contribution in [2.75, 3.05) is 0 Å². The number of carboxylic acids is 1. The van der Waals surface area contributed by atoms with Gasteiger partial charge in [0.25, 0.3) is 0 Å². The van der Waals surface area contributed by atoms with E-state index in [2.05, 4.69) is 5.10 Å². The summed E-state index contributed by atoms with van der Waals surface area (Å²) >= 11 is 7.86. The molecule has 20 heavy (non-hydrogen) atoms. The predicted molar refractivity (Wildman–Crippen MR) is 80.6 cm³/mol. The number of rotatable bonds is 5. The molecule has 6 heteroatoms. The number of hydrogen-bond donors (Lipinski definition) is 1. The number of carbonyl (C=O) groups is 1. The number of halogens is 1. The lowest BCUT2D eigenvalue weighted by Gasteiger charge is -2.05. The van der Waals surface area contributed by atoms with Crippen LogP contribution in [0.4, 0.5) is 0 Å². The van der Waals surface area contributed by atoms with Crippen LogP contribution in [0.3, 0.4) is 0 Å². The first-order valence-electron chi connectivity index (χ1n) is 6.20. The Morgan fingerprint density at radius 3 is 2.60 bits per heavy atom. The average Bonchev–Trinajstić information content (AvgIpc) is 2.72. The van der Waals surface area contributed by atoms with Crippen molar-refractivity contribution in [3.8, 4) is 0 Å². The van der Waals surface area contributed by atoms with E-state index in [9.17, 15) is 4.79 Å². The van der Waals surface area contributed by atoms with Crippen molar-refractivity contribution in [1.29, 1.82) is 0 Å². The van der Waals surface area contributed by atoms with Crippen molar-refractivity contribution >= 4 is 29.3 Å². The summed E-state index contributed by atoms with van der Waals surface area (Å²) in [6, 6.07) is 6.83. The fourth-order valence-electron chi connectivity index (χ4n) is 1.85. The van der Waals surface area contributed by atoms with Gasteiger partial charge in [0.05, 0.1) is 22.0 Å². The van der Waals surface area contributed by atoms with Crippen LogP contribution in [0.1, 0.15) is 28.7 Å². The fourth-order valence-corrected chi connectivity index (χ4v) is 3.06. The first-order valence-corrected chi connectivity index (χ1v) is 7.57. The molecule has 1 aromatic carbocycles. The maximum atomic E-state index is 10.8. The highest BCUT2D eigenvalue weighted by Gasteiger charge is 2.12. The van der Waals surface area contributed by atoms with Crippen LogP contribution in [0.5, 0.6) is 0 Å². The van der Waals surface area contributed by atoms with Crippen LogP contribution in [0.25, 0.3) is 0 Å². The molecule has 106 valence electrons. The molecule has 0 aliphatic carbocycles. The smallest absolute Gasteiger partial charge is 0.335 e. The summed E-state index contributed by atoms with van der Waals surface area (Å²) in [6.45, 7) is 4.70. The quantitative estimate of drug-likeness (QED) is 0.852. The topological polar surface area (TPSA) is 55.1 Å². The monoisotopic (exact) mass is 310 g/mol. The van der Waals surface area contributed by atoms with Crippen molar-refractivity contribution in [3.63, 3.8) is 0 Å². The van der Waals surface area contributed by atoms with Crippen LogP contribution in [0.2, 0.25) is 5.02 Å². The second kappa shape index (κ2) is 6.33. The van der Waals surface area contributed by atoms with Crippen LogP contribution >= 0.6 is 23.4 Å². The molecule has 0 bridgehead atoms. The number of aromatic nitrogens is 2. The van der Waals surface area contributed by atoms with E-state index in [1.807, 2.05) is 30.7 Å². The van der Waals surface area contributed by atoms with Gasteiger partial charge in [-0.3, -0.25) is 4.68 Å². The van der Waals surface area contributed by atoms with E-state index in [0.717, 1.165) is 22.8 Å². The maximum Gasteiger partial charge on any atom is 0.335 e. The summed E-state index contributed by atoms with van der Waals surface area (Å²) in [4.78, 5) is 11.8. The van der Waals surface area contributed by atoms with Crippen molar-refractivity contribution < 1.29 is 9.90 Å². The summed E-state index contributed by atoms with van der Waals surface area (Å²) in [5, 5.41) is 13.9. The molecule has 1 aromatic heterocycles. The summed E-state index contributed by atoms with van der Waals surface area (Å²) in [7, 11) is 0.